The first-order chi connectivity index (χ1) is 11.8. The Labute approximate surface area is 145 Å². The second kappa shape index (κ2) is 8.95. The quantitative estimate of drug-likeness (QED) is 0.785. The molecule has 0 unspecified atom stereocenters. The number of benzene rings is 1. The van der Waals surface area contributed by atoms with Gasteiger partial charge in [0.25, 0.3) is 0 Å². The maximum Gasteiger partial charge on any atom is 0.183 e. The van der Waals surface area contributed by atoms with Gasteiger partial charge in [-0.2, -0.15) is 0 Å². The molecule has 2 aliphatic heterocycles. The summed E-state index contributed by atoms with van der Waals surface area (Å²) >= 11 is 0. The number of hydrogen-bond acceptors (Lipinski definition) is 4. The van der Waals surface area contributed by atoms with Gasteiger partial charge in [0.15, 0.2) is 12.6 Å². The molecule has 4 nitrogen and oxygen atoms in total. The standard InChI is InChI=1S/C20H30O4/c1-3-5-15-7-9-17(10-8-15)19-23-13-18(14-24-19)20-21-11-16(6-4-2)12-22-20/h7-10,16,18-20H,3-6,11-14H2,1-2H3. The molecule has 0 aromatic heterocycles. The SMILES string of the molecule is CCCc1ccc(C2OCC(C3OCC(CCC)CO3)CO2)cc1. The van der Waals surface area contributed by atoms with Crippen LogP contribution in [0.5, 0.6) is 0 Å². The van der Waals surface area contributed by atoms with Crippen molar-refractivity contribution in [3.8, 4) is 0 Å². The number of rotatable bonds is 6. The molecule has 2 saturated heterocycles. The minimum absolute atomic E-state index is 0.156. The van der Waals surface area contributed by atoms with Crippen LogP contribution >= 0.6 is 0 Å². The predicted molar refractivity (Wildman–Crippen MR) is 92.7 cm³/mol. The van der Waals surface area contributed by atoms with Crippen LogP contribution in [0, 0.1) is 11.8 Å². The van der Waals surface area contributed by atoms with Gasteiger partial charge in [-0.15, -0.1) is 0 Å². The molecular formula is C20H30O4. The van der Waals surface area contributed by atoms with E-state index in [0.717, 1.165) is 31.6 Å². The van der Waals surface area contributed by atoms with Gasteiger partial charge in [0.05, 0.1) is 32.3 Å². The number of hydrogen-bond donors (Lipinski definition) is 0. The van der Waals surface area contributed by atoms with Crippen LogP contribution in [-0.2, 0) is 25.4 Å². The van der Waals surface area contributed by atoms with E-state index in [-0.39, 0.29) is 18.5 Å². The maximum absolute atomic E-state index is 5.92. The van der Waals surface area contributed by atoms with Gasteiger partial charge in [0, 0.05) is 11.5 Å². The summed E-state index contributed by atoms with van der Waals surface area (Å²) in [6, 6.07) is 8.55. The lowest BCUT2D eigenvalue weighted by Gasteiger charge is -2.37. The van der Waals surface area contributed by atoms with Crippen molar-refractivity contribution in [1.29, 1.82) is 0 Å². The Balaban J connectivity index is 1.45. The Hall–Kier alpha value is -0.940. The molecule has 1 aromatic carbocycles. The van der Waals surface area contributed by atoms with Gasteiger partial charge in [0.2, 0.25) is 0 Å². The van der Waals surface area contributed by atoms with Crippen LogP contribution in [0.3, 0.4) is 0 Å². The second-order valence-electron chi connectivity index (χ2n) is 6.94. The molecule has 24 heavy (non-hydrogen) atoms. The van der Waals surface area contributed by atoms with E-state index in [2.05, 4.69) is 38.1 Å². The van der Waals surface area contributed by atoms with Gasteiger partial charge in [-0.25, -0.2) is 0 Å². The Morgan fingerprint density at radius 1 is 0.833 bits per heavy atom. The summed E-state index contributed by atoms with van der Waals surface area (Å²) in [4.78, 5) is 0. The van der Waals surface area contributed by atoms with Crippen molar-refractivity contribution >= 4 is 0 Å². The highest BCUT2D eigenvalue weighted by Gasteiger charge is 2.33. The maximum atomic E-state index is 5.92. The van der Waals surface area contributed by atoms with Gasteiger partial charge in [-0.05, 0) is 18.4 Å². The van der Waals surface area contributed by atoms with Crippen molar-refractivity contribution in [2.24, 2.45) is 11.8 Å². The minimum atomic E-state index is -0.270. The molecule has 2 aliphatic rings. The first-order valence-corrected chi connectivity index (χ1v) is 9.35. The van der Waals surface area contributed by atoms with Crippen molar-refractivity contribution in [1.82, 2.24) is 0 Å². The van der Waals surface area contributed by atoms with Crippen molar-refractivity contribution in [2.75, 3.05) is 26.4 Å². The topological polar surface area (TPSA) is 36.9 Å². The van der Waals surface area contributed by atoms with Crippen LogP contribution in [0.4, 0.5) is 0 Å². The summed E-state index contributed by atoms with van der Waals surface area (Å²) in [7, 11) is 0. The van der Waals surface area contributed by atoms with Crippen LogP contribution in [0.25, 0.3) is 0 Å². The fourth-order valence-corrected chi connectivity index (χ4v) is 3.40. The summed E-state index contributed by atoms with van der Waals surface area (Å²) in [5.41, 5.74) is 2.45. The van der Waals surface area contributed by atoms with E-state index < -0.39 is 0 Å². The van der Waals surface area contributed by atoms with Crippen molar-refractivity contribution in [3.05, 3.63) is 35.4 Å². The Morgan fingerprint density at radius 3 is 2.08 bits per heavy atom. The van der Waals surface area contributed by atoms with Crippen LogP contribution in [0.15, 0.2) is 24.3 Å². The Kier molecular flexibility index (Phi) is 6.67. The molecule has 0 bridgehead atoms. The van der Waals surface area contributed by atoms with Crippen molar-refractivity contribution in [3.63, 3.8) is 0 Å². The van der Waals surface area contributed by atoms with Crippen LogP contribution in [-0.4, -0.2) is 32.7 Å². The minimum Gasteiger partial charge on any atom is -0.352 e. The van der Waals surface area contributed by atoms with Gasteiger partial charge in [-0.3, -0.25) is 0 Å². The van der Waals surface area contributed by atoms with E-state index in [4.69, 9.17) is 18.9 Å². The highest BCUT2D eigenvalue weighted by atomic mass is 16.7. The lowest BCUT2D eigenvalue weighted by molar-refractivity contribution is -0.283. The van der Waals surface area contributed by atoms with Crippen LogP contribution in [0.2, 0.25) is 0 Å². The highest BCUT2D eigenvalue weighted by molar-refractivity contribution is 5.23. The van der Waals surface area contributed by atoms with E-state index in [9.17, 15) is 0 Å². The molecule has 0 N–H and O–H groups in total. The summed E-state index contributed by atoms with van der Waals surface area (Å²) in [5.74, 6) is 0.689. The molecule has 3 rings (SSSR count). The van der Waals surface area contributed by atoms with E-state index in [0.29, 0.717) is 19.1 Å². The third-order valence-corrected chi connectivity index (χ3v) is 4.79. The predicted octanol–water partition coefficient (Wildman–Crippen LogP) is 4.09. The molecular weight excluding hydrogens is 304 g/mol. The molecule has 0 atom stereocenters. The molecule has 134 valence electrons. The molecule has 2 heterocycles. The normalized spacial score (nSPS) is 31.1. The van der Waals surface area contributed by atoms with Gasteiger partial charge < -0.3 is 18.9 Å². The van der Waals surface area contributed by atoms with E-state index in [1.165, 1.54) is 18.4 Å². The van der Waals surface area contributed by atoms with Crippen LogP contribution < -0.4 is 0 Å². The molecule has 0 amide bonds. The average molecular weight is 334 g/mol. The summed E-state index contributed by atoms with van der Waals surface area (Å²) in [6.07, 6.45) is 4.17. The van der Waals surface area contributed by atoms with E-state index in [1.807, 2.05) is 0 Å². The lowest BCUT2D eigenvalue weighted by Crippen LogP contribution is -2.43. The number of aryl methyl sites for hydroxylation is 1. The Bertz CT molecular complexity index is 471. The zero-order valence-corrected chi connectivity index (χ0v) is 14.9. The smallest absolute Gasteiger partial charge is 0.183 e. The average Bonchev–Trinajstić information content (AvgIpc) is 2.64. The zero-order chi connectivity index (χ0) is 16.8. The van der Waals surface area contributed by atoms with Crippen molar-refractivity contribution < 1.29 is 18.9 Å². The third-order valence-electron chi connectivity index (χ3n) is 4.79. The fourth-order valence-electron chi connectivity index (χ4n) is 3.40. The molecule has 4 heteroatoms. The number of ether oxygens (including phenoxy) is 4. The lowest BCUT2D eigenvalue weighted by atomic mass is 10.0. The van der Waals surface area contributed by atoms with Gasteiger partial charge in [-0.1, -0.05) is 51.0 Å². The monoisotopic (exact) mass is 334 g/mol. The van der Waals surface area contributed by atoms with E-state index in [1.54, 1.807) is 0 Å². The van der Waals surface area contributed by atoms with Gasteiger partial charge in [0.1, 0.15) is 0 Å². The second-order valence-corrected chi connectivity index (χ2v) is 6.94. The molecule has 0 radical (unpaired) electrons. The summed E-state index contributed by atoms with van der Waals surface area (Å²) in [6.45, 7) is 7.20. The molecule has 0 spiro atoms. The first kappa shape index (κ1) is 17.9. The van der Waals surface area contributed by atoms with Crippen molar-refractivity contribution in [2.45, 2.75) is 52.1 Å². The molecule has 2 fully saturated rings. The Morgan fingerprint density at radius 2 is 1.50 bits per heavy atom. The summed E-state index contributed by atoms with van der Waals surface area (Å²) < 4.78 is 23.6. The fraction of sp³-hybridized carbons (Fsp3) is 0.700. The largest absolute Gasteiger partial charge is 0.352 e. The first-order valence-electron chi connectivity index (χ1n) is 9.35. The zero-order valence-electron chi connectivity index (χ0n) is 14.9. The molecule has 0 saturated carbocycles. The molecule has 0 aliphatic carbocycles. The highest BCUT2D eigenvalue weighted by Crippen LogP contribution is 2.29. The van der Waals surface area contributed by atoms with Gasteiger partial charge >= 0.3 is 0 Å². The summed E-state index contributed by atoms with van der Waals surface area (Å²) in [5, 5.41) is 0. The third kappa shape index (κ3) is 4.57. The molecule has 1 aromatic rings. The van der Waals surface area contributed by atoms with E-state index >= 15 is 0 Å². The van der Waals surface area contributed by atoms with Crippen LogP contribution in [0.1, 0.15) is 50.5 Å².